The molecule has 27 heavy (non-hydrogen) atoms. The van der Waals surface area contributed by atoms with Gasteiger partial charge in [0.05, 0.1) is 12.0 Å². The molecular weight excluding hydrogens is 371 g/mol. The highest BCUT2D eigenvalue weighted by Gasteiger charge is 2.32. The Hall–Kier alpha value is -1.26. The minimum Gasteiger partial charge on any atom is -0.369 e. The molecule has 0 aliphatic heterocycles. The molecule has 0 aliphatic carbocycles. The van der Waals surface area contributed by atoms with Gasteiger partial charge in [-0.05, 0) is 17.5 Å². The fourth-order valence-corrected chi connectivity index (χ4v) is 8.65. The highest BCUT2D eigenvalue weighted by molar-refractivity contribution is 8.16. The van der Waals surface area contributed by atoms with Crippen LogP contribution in [-0.2, 0) is 11.8 Å². The van der Waals surface area contributed by atoms with Crippen molar-refractivity contribution in [2.75, 3.05) is 40.3 Å². The van der Waals surface area contributed by atoms with E-state index in [9.17, 15) is 0 Å². The molecule has 0 aliphatic rings. The number of aliphatic imine (C=N–C) groups is 1. The van der Waals surface area contributed by atoms with Gasteiger partial charge in [-0.1, -0.05) is 63.8 Å². The molecule has 2 aromatic carbocycles. The van der Waals surface area contributed by atoms with E-state index < -0.39 is 6.34 Å². The highest BCUT2D eigenvalue weighted by Crippen LogP contribution is 2.53. The van der Waals surface area contributed by atoms with Crippen LogP contribution < -0.4 is 5.30 Å². The fraction of sp³-hybridized carbons (Fsp3) is 0.476. The Morgan fingerprint density at radius 3 is 1.85 bits per heavy atom. The van der Waals surface area contributed by atoms with Crippen LogP contribution in [0.3, 0.4) is 0 Å². The number of nitrogens with zero attached hydrogens (tertiary/aromatic N) is 4. The summed E-state index contributed by atoms with van der Waals surface area (Å²) in [5.74, 6) is 0. The van der Waals surface area contributed by atoms with Crippen LogP contribution in [0, 0.1) is 0 Å². The van der Waals surface area contributed by atoms with Gasteiger partial charge >= 0.3 is 0 Å². The maximum Gasteiger partial charge on any atom is 0.107 e. The molecule has 0 bridgehead atoms. The normalized spacial score (nSPS) is 12.6. The van der Waals surface area contributed by atoms with Crippen molar-refractivity contribution in [2.24, 2.45) is 4.99 Å². The van der Waals surface area contributed by atoms with Crippen molar-refractivity contribution in [3.8, 4) is 0 Å². The summed E-state index contributed by atoms with van der Waals surface area (Å²) in [6, 6.07) is 12.9. The largest absolute Gasteiger partial charge is 0.369 e. The number of fused-ring (bicyclic) bond motifs is 1. The molecule has 0 radical (unpaired) electrons. The summed E-state index contributed by atoms with van der Waals surface area (Å²) in [5, 5.41) is 3.68. The van der Waals surface area contributed by atoms with Crippen molar-refractivity contribution in [3.63, 3.8) is 0 Å². The predicted octanol–water partition coefficient (Wildman–Crippen LogP) is 4.68. The van der Waals surface area contributed by atoms with Gasteiger partial charge in [0.15, 0.2) is 0 Å². The van der Waals surface area contributed by atoms with E-state index in [1.807, 2.05) is 25.3 Å². The zero-order valence-electron chi connectivity index (χ0n) is 17.5. The van der Waals surface area contributed by atoms with Crippen molar-refractivity contribution in [1.82, 2.24) is 14.2 Å². The van der Waals surface area contributed by atoms with Crippen molar-refractivity contribution in [3.05, 3.63) is 36.4 Å². The van der Waals surface area contributed by atoms with Gasteiger partial charge in [0.1, 0.15) is 6.34 Å². The van der Waals surface area contributed by atoms with Crippen LogP contribution in [0.15, 0.2) is 41.4 Å². The summed E-state index contributed by atoms with van der Waals surface area (Å²) in [6.07, 6.45) is -0.204. The molecule has 0 aromatic heterocycles. The zero-order chi connectivity index (χ0) is 20.0. The van der Waals surface area contributed by atoms with Gasteiger partial charge < -0.3 is 4.90 Å². The van der Waals surface area contributed by atoms with Crippen LogP contribution in [0.5, 0.6) is 0 Å². The minimum absolute atomic E-state index is 0.957. The van der Waals surface area contributed by atoms with Crippen LogP contribution in [0.1, 0.15) is 27.7 Å². The summed E-state index contributed by atoms with van der Waals surface area (Å²) in [6.45, 7) is 12.7. The van der Waals surface area contributed by atoms with Gasteiger partial charge in [-0.25, -0.2) is 4.99 Å². The Bertz CT molecular complexity index is 810. The van der Waals surface area contributed by atoms with Crippen LogP contribution in [0.25, 0.3) is 10.8 Å². The molecule has 0 fully saturated rings. The number of rotatable bonds is 9. The third-order valence-corrected chi connectivity index (χ3v) is 10.5. The van der Waals surface area contributed by atoms with Crippen molar-refractivity contribution < 1.29 is 0 Å². The summed E-state index contributed by atoms with van der Waals surface area (Å²) < 4.78 is 4.97. The molecule has 0 N–H and O–H groups in total. The van der Waals surface area contributed by atoms with E-state index in [1.165, 1.54) is 16.1 Å². The van der Waals surface area contributed by atoms with Gasteiger partial charge in [-0.2, -0.15) is 0 Å². The Balaban J connectivity index is 2.78. The monoisotopic (exact) mass is 404 g/mol. The van der Waals surface area contributed by atoms with E-state index in [0.717, 1.165) is 31.9 Å². The average Bonchev–Trinajstić information content (AvgIpc) is 2.67. The molecule has 0 heterocycles. The quantitative estimate of drug-likeness (QED) is 0.344. The lowest BCUT2D eigenvalue weighted by Gasteiger charge is -2.42. The van der Waals surface area contributed by atoms with Crippen LogP contribution in [-0.4, -0.2) is 60.9 Å². The molecule has 0 spiro atoms. The maximum atomic E-state index is 6.50. The number of hydrogen-bond acceptors (Lipinski definition) is 2. The summed E-state index contributed by atoms with van der Waals surface area (Å²) >= 11 is 6.50. The molecule has 0 amide bonds. The smallest absolute Gasteiger partial charge is 0.107 e. The van der Waals surface area contributed by atoms with Gasteiger partial charge in [-0.3, -0.25) is 9.34 Å². The highest BCUT2D eigenvalue weighted by atomic mass is 32.4. The molecule has 2 rings (SSSR count). The Kier molecular flexibility index (Phi) is 7.99. The number of benzene rings is 2. The van der Waals surface area contributed by atoms with E-state index >= 15 is 0 Å². The van der Waals surface area contributed by atoms with E-state index in [2.05, 4.69) is 78.4 Å². The second-order valence-corrected chi connectivity index (χ2v) is 10.9. The maximum absolute atomic E-state index is 6.50. The first-order chi connectivity index (χ1) is 12.9. The topological polar surface area (TPSA) is 22.1 Å². The second-order valence-electron chi connectivity index (χ2n) is 6.68. The standard InChI is InChI=1S/C21H33N4PS/c1-7-24(8-2)26(27,25(9-3)10-4)21-16-15-20(22-17-23(5)6)18-13-11-12-14-19(18)21/h11-17H,7-10H2,1-6H3. The first-order valence-corrected chi connectivity index (χ1v) is 12.5. The van der Waals surface area contributed by atoms with E-state index in [4.69, 9.17) is 11.8 Å². The van der Waals surface area contributed by atoms with Crippen LogP contribution >= 0.6 is 6.34 Å². The molecule has 148 valence electrons. The molecule has 2 aromatic rings. The van der Waals surface area contributed by atoms with Crippen LogP contribution in [0.2, 0.25) is 0 Å². The van der Waals surface area contributed by atoms with Crippen molar-refractivity contribution in [1.29, 1.82) is 0 Å². The molecule has 0 saturated carbocycles. The Morgan fingerprint density at radius 1 is 0.852 bits per heavy atom. The van der Waals surface area contributed by atoms with E-state index in [1.54, 1.807) is 0 Å². The SMILES string of the molecule is CCN(CC)P(=S)(c1ccc(N=CN(C)C)c2ccccc12)N(CC)CC. The molecule has 0 unspecified atom stereocenters. The zero-order valence-corrected chi connectivity index (χ0v) is 19.2. The Labute approximate surface area is 170 Å². The molecule has 0 saturated heterocycles. The first kappa shape index (κ1) is 22.0. The lowest BCUT2D eigenvalue weighted by Crippen LogP contribution is -2.37. The molecule has 0 atom stereocenters. The van der Waals surface area contributed by atoms with Crippen LogP contribution in [0.4, 0.5) is 5.69 Å². The number of hydrogen-bond donors (Lipinski definition) is 0. The minimum atomic E-state index is -2.06. The predicted molar refractivity (Wildman–Crippen MR) is 126 cm³/mol. The third kappa shape index (κ3) is 4.43. The summed E-state index contributed by atoms with van der Waals surface area (Å²) in [7, 11) is 3.97. The van der Waals surface area contributed by atoms with Gasteiger partial charge in [0.25, 0.3) is 0 Å². The molecular formula is C21H33N4PS. The van der Waals surface area contributed by atoms with Gasteiger partial charge in [-0.15, -0.1) is 0 Å². The third-order valence-electron chi connectivity index (χ3n) is 4.85. The second kappa shape index (κ2) is 9.79. The molecule has 4 nitrogen and oxygen atoms in total. The lowest BCUT2D eigenvalue weighted by atomic mass is 10.1. The first-order valence-electron chi connectivity index (χ1n) is 9.77. The average molecular weight is 405 g/mol. The van der Waals surface area contributed by atoms with E-state index in [-0.39, 0.29) is 0 Å². The van der Waals surface area contributed by atoms with E-state index in [0.29, 0.717) is 0 Å². The lowest BCUT2D eigenvalue weighted by molar-refractivity contribution is 0.428. The summed E-state index contributed by atoms with van der Waals surface area (Å²) in [4.78, 5) is 6.64. The Morgan fingerprint density at radius 2 is 1.37 bits per heavy atom. The van der Waals surface area contributed by atoms with Crippen molar-refractivity contribution in [2.45, 2.75) is 27.7 Å². The fourth-order valence-electron chi connectivity index (χ4n) is 3.51. The van der Waals surface area contributed by atoms with Crippen molar-refractivity contribution >= 4 is 46.2 Å². The summed E-state index contributed by atoms with van der Waals surface area (Å²) in [5.41, 5.74) is 0.990. The van der Waals surface area contributed by atoms with Gasteiger partial charge in [0.2, 0.25) is 0 Å². The molecule has 6 heteroatoms. The van der Waals surface area contributed by atoms with Gasteiger partial charge in [0, 0.05) is 51.0 Å².